The molecule has 0 N–H and O–H groups in total. The zero-order valence-electron chi connectivity index (χ0n) is 37.2. The molecule has 0 atom stereocenters. The van der Waals surface area contributed by atoms with Crippen molar-refractivity contribution in [2.45, 2.75) is 12.4 Å². The van der Waals surface area contributed by atoms with Crippen molar-refractivity contribution in [2.75, 3.05) is 4.90 Å². The van der Waals surface area contributed by atoms with Gasteiger partial charge in [-0.3, -0.25) is 0 Å². The van der Waals surface area contributed by atoms with Crippen LogP contribution >= 0.6 is 11.7 Å². The second-order valence-corrected chi connectivity index (χ2v) is 17.8. The number of nitrogens with zero attached hydrogens (tertiary/aromatic N) is 4. The van der Waals surface area contributed by atoms with E-state index in [0.29, 0.717) is 22.2 Å². The minimum absolute atomic E-state index is 0.624. The van der Waals surface area contributed by atoms with E-state index in [1.807, 2.05) is 83.8 Å². The molecule has 12 rings (SSSR count). The van der Waals surface area contributed by atoms with Crippen LogP contribution in [-0.2, 0) is 12.4 Å². The van der Waals surface area contributed by atoms with Crippen LogP contribution < -0.4 is 4.90 Å². The maximum Gasteiger partial charge on any atom is 0.416 e. The summed E-state index contributed by atoms with van der Waals surface area (Å²) in [5, 5.41) is 4.42. The lowest BCUT2D eigenvalue weighted by atomic mass is 9.94. The molecule has 0 bridgehead atoms. The zero-order chi connectivity index (χ0) is 48.4. The average molecular weight is 959 g/mol. The summed E-state index contributed by atoms with van der Waals surface area (Å²) in [6.07, 6.45) is -8.91. The summed E-state index contributed by atoms with van der Waals surface area (Å²) in [7, 11) is 0. The number of rotatable bonds is 8. The number of hydrogen-bond donors (Lipinski definition) is 0. The molecule has 0 amide bonds. The van der Waals surface area contributed by atoms with Crippen molar-refractivity contribution in [3.05, 3.63) is 230 Å². The third-order valence-electron chi connectivity index (χ3n) is 13.2. The molecule has 0 aliphatic rings. The Morgan fingerprint density at radius 3 is 1.44 bits per heavy atom. The van der Waals surface area contributed by atoms with Crippen LogP contribution in [0, 0.1) is 0 Å². The molecule has 344 valence electrons. The third-order valence-corrected chi connectivity index (χ3v) is 13.7. The summed E-state index contributed by atoms with van der Waals surface area (Å²) in [6, 6.07) is 67.4. The van der Waals surface area contributed by atoms with E-state index < -0.39 is 23.5 Å². The van der Waals surface area contributed by atoms with Crippen LogP contribution in [0.3, 0.4) is 0 Å². The molecule has 10 aromatic carbocycles. The second kappa shape index (κ2) is 17.1. The highest BCUT2D eigenvalue weighted by Gasteiger charge is 2.31. The maximum atomic E-state index is 13.4. The molecular weight excluding hydrogens is 923 g/mol. The topological polar surface area (TPSA) is 34.0 Å². The molecule has 4 nitrogen and oxygen atoms in total. The molecule has 11 heteroatoms. The van der Waals surface area contributed by atoms with Crippen molar-refractivity contribution >= 4 is 72.4 Å². The van der Waals surface area contributed by atoms with Gasteiger partial charge in [0.05, 0.1) is 39.6 Å². The minimum Gasteiger partial charge on any atom is -0.309 e. The monoisotopic (exact) mass is 958 g/mol. The largest absolute Gasteiger partial charge is 0.416 e. The van der Waals surface area contributed by atoms with E-state index >= 15 is 0 Å². The van der Waals surface area contributed by atoms with E-state index in [9.17, 15) is 26.3 Å². The van der Waals surface area contributed by atoms with Crippen LogP contribution in [0.2, 0.25) is 0 Å². The fraction of sp³-hybridized carbons (Fsp3) is 0.0333. The predicted octanol–water partition coefficient (Wildman–Crippen LogP) is 18.1. The fourth-order valence-corrected chi connectivity index (χ4v) is 10.3. The lowest BCUT2D eigenvalue weighted by Gasteiger charge is -2.26. The predicted molar refractivity (Wildman–Crippen MR) is 276 cm³/mol. The highest BCUT2D eigenvalue weighted by atomic mass is 32.1. The first-order chi connectivity index (χ1) is 34.5. The highest BCUT2D eigenvalue weighted by Crippen LogP contribution is 2.47. The molecule has 0 saturated heterocycles. The number of halogens is 6. The molecule has 0 saturated carbocycles. The lowest BCUT2D eigenvalue weighted by molar-refractivity contribution is -0.138. The van der Waals surface area contributed by atoms with Gasteiger partial charge in [0.2, 0.25) is 0 Å². The molecule has 2 aromatic heterocycles. The second-order valence-electron chi connectivity index (χ2n) is 17.3. The molecule has 2 heterocycles. The average Bonchev–Trinajstić information content (AvgIpc) is 4.04. The summed E-state index contributed by atoms with van der Waals surface area (Å²) in [5.74, 6) is 0. The van der Waals surface area contributed by atoms with Gasteiger partial charge in [-0.05, 0) is 129 Å². The number of alkyl halides is 6. The Labute approximate surface area is 407 Å². The minimum atomic E-state index is -4.45. The number of para-hydroxylation sites is 1. The molecule has 0 spiro atoms. The summed E-state index contributed by atoms with van der Waals surface area (Å²) in [6.45, 7) is 0. The first-order valence-corrected chi connectivity index (χ1v) is 23.4. The number of aromatic nitrogens is 3. The quantitative estimate of drug-likeness (QED) is 0.142. The van der Waals surface area contributed by atoms with Gasteiger partial charge in [0.1, 0.15) is 11.0 Å². The normalized spacial score (nSPS) is 12.1. The summed E-state index contributed by atoms with van der Waals surface area (Å²) in [4.78, 5) is 2.04. The Morgan fingerprint density at radius 1 is 0.408 bits per heavy atom. The van der Waals surface area contributed by atoms with Crippen molar-refractivity contribution in [3.8, 4) is 50.2 Å². The van der Waals surface area contributed by atoms with Gasteiger partial charge in [-0.25, -0.2) is 0 Å². The number of benzene rings is 10. The fourth-order valence-electron chi connectivity index (χ4n) is 9.74. The van der Waals surface area contributed by atoms with Crippen LogP contribution in [0.25, 0.3) is 93.8 Å². The molecule has 0 aliphatic heterocycles. The van der Waals surface area contributed by atoms with Crippen LogP contribution in [0.15, 0.2) is 218 Å². The zero-order valence-corrected chi connectivity index (χ0v) is 38.1. The van der Waals surface area contributed by atoms with Crippen LogP contribution in [0.1, 0.15) is 11.1 Å². The van der Waals surface area contributed by atoms with Gasteiger partial charge in [0, 0.05) is 39.0 Å². The van der Waals surface area contributed by atoms with E-state index in [1.165, 1.54) is 24.3 Å². The van der Waals surface area contributed by atoms with Gasteiger partial charge in [-0.2, -0.15) is 35.1 Å². The summed E-state index contributed by atoms with van der Waals surface area (Å²) >= 11 is 1.11. The van der Waals surface area contributed by atoms with Gasteiger partial charge in [0.15, 0.2) is 0 Å². The van der Waals surface area contributed by atoms with Crippen molar-refractivity contribution < 1.29 is 26.3 Å². The Kier molecular flexibility index (Phi) is 10.6. The van der Waals surface area contributed by atoms with Crippen molar-refractivity contribution in [1.29, 1.82) is 0 Å². The maximum absolute atomic E-state index is 13.4. The third kappa shape index (κ3) is 7.84. The van der Waals surface area contributed by atoms with E-state index in [1.54, 1.807) is 0 Å². The Morgan fingerprint density at radius 2 is 0.873 bits per heavy atom. The highest BCUT2D eigenvalue weighted by molar-refractivity contribution is 7.00. The smallest absolute Gasteiger partial charge is 0.309 e. The van der Waals surface area contributed by atoms with Crippen molar-refractivity contribution in [3.63, 3.8) is 0 Å². The molecule has 12 aromatic rings. The standard InChI is InChI=1S/C60H36F6N4S/c61-59(62,63)44-24-14-38(15-25-44)41-18-28-46(29-19-41)69(47-30-20-42(21-31-47)39-16-26-45(27-17-39)60(64,65)66)54-35-34-50(56-57(54)68-71-67-56)52-36-43-10-4-5-11-49(43)55-51-12-6-7-13-53(51)70(58(52)55)48-32-22-40(23-33-48)37-8-2-1-3-9-37/h1-36H. The van der Waals surface area contributed by atoms with Gasteiger partial charge < -0.3 is 9.47 Å². The number of fused-ring (bicyclic) bond motifs is 6. The van der Waals surface area contributed by atoms with Gasteiger partial charge >= 0.3 is 12.4 Å². The van der Waals surface area contributed by atoms with Crippen molar-refractivity contribution in [1.82, 2.24) is 13.3 Å². The Balaban J connectivity index is 1.03. The first-order valence-electron chi connectivity index (χ1n) is 22.7. The summed E-state index contributed by atoms with van der Waals surface area (Å²) in [5.41, 5.74) is 11.9. The van der Waals surface area contributed by atoms with Gasteiger partial charge in [-0.15, -0.1) is 0 Å². The van der Waals surface area contributed by atoms with Crippen LogP contribution in [0.4, 0.5) is 43.4 Å². The Hall–Kier alpha value is -8.54. The number of hydrogen-bond acceptors (Lipinski definition) is 4. The first kappa shape index (κ1) is 43.7. The van der Waals surface area contributed by atoms with Crippen molar-refractivity contribution in [2.24, 2.45) is 0 Å². The summed E-state index contributed by atoms with van der Waals surface area (Å²) < 4.78 is 93.0. The Bertz CT molecular complexity index is 3820. The van der Waals surface area contributed by atoms with Crippen LogP contribution in [0.5, 0.6) is 0 Å². The molecule has 0 fully saturated rings. The molecule has 0 aliphatic carbocycles. The van der Waals surface area contributed by atoms with E-state index in [-0.39, 0.29) is 0 Å². The van der Waals surface area contributed by atoms with E-state index in [0.717, 1.165) is 125 Å². The molecular formula is C60H36F6N4S. The molecule has 0 unspecified atom stereocenters. The number of anilines is 3. The molecule has 71 heavy (non-hydrogen) atoms. The van der Waals surface area contributed by atoms with E-state index in [4.69, 9.17) is 8.75 Å². The molecule has 0 radical (unpaired) electrons. The van der Waals surface area contributed by atoms with Gasteiger partial charge in [-0.1, -0.05) is 133 Å². The SMILES string of the molecule is FC(F)(F)c1ccc(-c2ccc(N(c3ccc(-c4ccc(C(F)(F)F)cc4)cc3)c3ccc(-c4cc5ccccc5c5c6ccccc6n(-c6ccc(-c7ccccc7)cc6)c45)c4nsnc34)cc2)cc1. The van der Waals surface area contributed by atoms with E-state index in [2.05, 4.69) is 95.6 Å². The van der Waals surface area contributed by atoms with Crippen LogP contribution in [-0.4, -0.2) is 13.3 Å². The van der Waals surface area contributed by atoms with Gasteiger partial charge in [0.25, 0.3) is 0 Å². The lowest BCUT2D eigenvalue weighted by Crippen LogP contribution is -2.11.